The summed E-state index contributed by atoms with van der Waals surface area (Å²) in [5.41, 5.74) is 19.1. The zero-order chi connectivity index (χ0) is 44.1. The monoisotopic (exact) mass is 850 g/mol. The summed E-state index contributed by atoms with van der Waals surface area (Å²) in [6.45, 7) is 0. The van der Waals surface area contributed by atoms with Gasteiger partial charge < -0.3 is 9.13 Å². The number of hydrogen-bond donors (Lipinski definition) is 0. The van der Waals surface area contributed by atoms with Crippen molar-refractivity contribution >= 4 is 54.4 Å². The summed E-state index contributed by atoms with van der Waals surface area (Å²) in [5, 5.41) is 7.41. The fourth-order valence-electron chi connectivity index (χ4n) is 11.6. The summed E-state index contributed by atoms with van der Waals surface area (Å²) in [4.78, 5) is 0. The third kappa shape index (κ3) is 5.57. The fraction of sp³-hybridized carbons (Fsp3) is 0.0154. The Morgan fingerprint density at radius 2 is 0.791 bits per heavy atom. The van der Waals surface area contributed by atoms with E-state index < -0.39 is 5.41 Å². The van der Waals surface area contributed by atoms with E-state index in [0.717, 1.165) is 11.4 Å². The van der Waals surface area contributed by atoms with E-state index in [1.807, 2.05) is 0 Å². The SMILES string of the molecule is c1ccc(-c2cccc(-n3c4ccccc4c4cc(-c5ccc6c(c5)c5cc7c(cc5n6-c5ccc6ccccc6c5)-c5ccccc5C7(c5ccccc5)c5ccccc5)ccc43)c2)cc1. The molecule has 14 rings (SSSR count). The highest BCUT2D eigenvalue weighted by Gasteiger charge is 2.46. The molecule has 0 unspecified atom stereocenters. The van der Waals surface area contributed by atoms with Gasteiger partial charge in [0.05, 0.1) is 27.5 Å². The lowest BCUT2D eigenvalue weighted by molar-refractivity contribution is 0.769. The lowest BCUT2D eigenvalue weighted by Crippen LogP contribution is -2.28. The quantitative estimate of drug-likeness (QED) is 0.158. The number of fused-ring (bicyclic) bond motifs is 10. The third-order valence-electron chi connectivity index (χ3n) is 14.6. The zero-order valence-electron chi connectivity index (χ0n) is 36.6. The molecule has 11 aromatic carbocycles. The minimum absolute atomic E-state index is 0.502. The van der Waals surface area contributed by atoms with Crippen molar-refractivity contribution in [2.24, 2.45) is 0 Å². The van der Waals surface area contributed by atoms with E-state index in [-0.39, 0.29) is 0 Å². The normalized spacial score (nSPS) is 12.9. The predicted molar refractivity (Wildman–Crippen MR) is 281 cm³/mol. The molecule has 2 aromatic heterocycles. The van der Waals surface area contributed by atoms with Crippen LogP contribution in [0.15, 0.2) is 255 Å². The lowest BCUT2D eigenvalue weighted by Gasteiger charge is -2.34. The molecular formula is C65H42N2. The van der Waals surface area contributed by atoms with Gasteiger partial charge in [-0.05, 0) is 133 Å². The molecule has 0 fully saturated rings. The number of rotatable bonds is 6. The van der Waals surface area contributed by atoms with Crippen molar-refractivity contribution in [1.29, 1.82) is 0 Å². The van der Waals surface area contributed by atoms with Gasteiger partial charge in [-0.2, -0.15) is 0 Å². The van der Waals surface area contributed by atoms with Crippen molar-refractivity contribution in [3.05, 3.63) is 277 Å². The Morgan fingerprint density at radius 3 is 1.54 bits per heavy atom. The maximum Gasteiger partial charge on any atom is 0.0713 e. The summed E-state index contributed by atoms with van der Waals surface area (Å²) in [5.74, 6) is 0. The molecule has 0 bridgehead atoms. The Morgan fingerprint density at radius 1 is 0.254 bits per heavy atom. The highest BCUT2D eigenvalue weighted by molar-refractivity contribution is 6.14. The van der Waals surface area contributed by atoms with Crippen molar-refractivity contribution in [2.45, 2.75) is 5.41 Å². The van der Waals surface area contributed by atoms with Gasteiger partial charge in [0.1, 0.15) is 0 Å². The van der Waals surface area contributed by atoms with Crippen LogP contribution in [0.4, 0.5) is 0 Å². The zero-order valence-corrected chi connectivity index (χ0v) is 36.6. The Kier molecular flexibility index (Phi) is 8.23. The van der Waals surface area contributed by atoms with E-state index >= 15 is 0 Å². The van der Waals surface area contributed by atoms with E-state index in [0.29, 0.717) is 0 Å². The van der Waals surface area contributed by atoms with Crippen LogP contribution in [0.3, 0.4) is 0 Å². The molecule has 1 aliphatic rings. The van der Waals surface area contributed by atoms with Gasteiger partial charge >= 0.3 is 0 Å². The molecule has 0 atom stereocenters. The van der Waals surface area contributed by atoms with Crippen LogP contribution in [-0.2, 0) is 5.41 Å². The second-order valence-electron chi connectivity index (χ2n) is 18.0. The highest BCUT2D eigenvalue weighted by atomic mass is 15.0. The first-order chi connectivity index (χ1) is 33.2. The van der Waals surface area contributed by atoms with Crippen LogP contribution in [0.1, 0.15) is 22.3 Å². The first-order valence-corrected chi connectivity index (χ1v) is 23.2. The Balaban J connectivity index is 1.02. The van der Waals surface area contributed by atoms with Crippen molar-refractivity contribution in [1.82, 2.24) is 9.13 Å². The summed E-state index contributed by atoms with van der Waals surface area (Å²) < 4.78 is 4.92. The molecule has 0 saturated carbocycles. The first-order valence-electron chi connectivity index (χ1n) is 23.2. The molecule has 0 spiro atoms. The molecule has 1 aliphatic carbocycles. The molecule has 67 heavy (non-hydrogen) atoms. The van der Waals surface area contributed by atoms with Gasteiger partial charge in [0.15, 0.2) is 0 Å². The van der Waals surface area contributed by atoms with E-state index in [4.69, 9.17) is 0 Å². The molecule has 0 N–H and O–H groups in total. The maximum atomic E-state index is 2.54. The van der Waals surface area contributed by atoms with E-state index in [1.165, 1.54) is 110 Å². The Labute approximate surface area is 388 Å². The minimum Gasteiger partial charge on any atom is -0.309 e. The second kappa shape index (κ2) is 14.7. The summed E-state index contributed by atoms with van der Waals surface area (Å²) in [7, 11) is 0. The average Bonchev–Trinajstić information content (AvgIpc) is 4.02. The molecule has 13 aromatic rings. The predicted octanol–water partition coefficient (Wildman–Crippen LogP) is 16.7. The van der Waals surface area contributed by atoms with E-state index in [9.17, 15) is 0 Å². The van der Waals surface area contributed by atoms with Gasteiger partial charge in [0, 0.05) is 32.9 Å². The van der Waals surface area contributed by atoms with Gasteiger partial charge in [-0.1, -0.05) is 188 Å². The molecule has 2 nitrogen and oxygen atoms in total. The third-order valence-corrected chi connectivity index (χ3v) is 14.6. The van der Waals surface area contributed by atoms with Gasteiger partial charge in [0.25, 0.3) is 0 Å². The molecule has 0 aliphatic heterocycles. The van der Waals surface area contributed by atoms with Crippen LogP contribution < -0.4 is 0 Å². The van der Waals surface area contributed by atoms with E-state index in [1.54, 1.807) is 0 Å². The molecule has 312 valence electrons. The molecule has 0 amide bonds. The highest BCUT2D eigenvalue weighted by Crippen LogP contribution is 2.57. The second-order valence-corrected chi connectivity index (χ2v) is 18.0. The van der Waals surface area contributed by atoms with Crippen LogP contribution >= 0.6 is 0 Å². The standard InChI is InChI=1S/C65H42N2/c1-4-17-43(18-5-1)46-21-16-26-51(37-46)66-61-30-15-13-28-54(61)56-39-47(32-35-62(56)66)48-33-36-63-57(40-48)58-41-60-55(42-64(58)67(63)52-34-31-44-19-10-11-20-45(44)38-52)53-27-12-14-29-59(53)65(60,49-22-6-2-7-23-49)50-24-8-3-9-25-50/h1-42H. The largest absolute Gasteiger partial charge is 0.309 e. The Hall–Kier alpha value is -8.72. The van der Waals surface area contributed by atoms with E-state index in [2.05, 4.69) is 264 Å². The summed E-state index contributed by atoms with van der Waals surface area (Å²) in [6, 6.07) is 94.5. The maximum absolute atomic E-state index is 2.54. The first kappa shape index (κ1) is 37.6. The lowest BCUT2D eigenvalue weighted by atomic mass is 9.67. The van der Waals surface area contributed by atoms with Crippen LogP contribution in [0.25, 0.3) is 99.1 Å². The molecule has 2 heterocycles. The Bertz CT molecular complexity index is 4040. The number of nitrogens with zero attached hydrogens (tertiary/aromatic N) is 2. The van der Waals surface area contributed by atoms with Gasteiger partial charge in [0.2, 0.25) is 0 Å². The minimum atomic E-state index is -0.502. The van der Waals surface area contributed by atoms with Crippen molar-refractivity contribution in [3.63, 3.8) is 0 Å². The number of hydrogen-bond acceptors (Lipinski definition) is 0. The summed E-state index contributed by atoms with van der Waals surface area (Å²) >= 11 is 0. The van der Waals surface area contributed by atoms with Crippen LogP contribution in [0.2, 0.25) is 0 Å². The van der Waals surface area contributed by atoms with Crippen molar-refractivity contribution in [2.75, 3.05) is 0 Å². The number of aromatic nitrogens is 2. The van der Waals surface area contributed by atoms with Crippen LogP contribution in [-0.4, -0.2) is 9.13 Å². The van der Waals surface area contributed by atoms with Crippen molar-refractivity contribution < 1.29 is 0 Å². The van der Waals surface area contributed by atoms with Gasteiger partial charge in [-0.25, -0.2) is 0 Å². The van der Waals surface area contributed by atoms with Gasteiger partial charge in [-0.15, -0.1) is 0 Å². The number of para-hydroxylation sites is 1. The van der Waals surface area contributed by atoms with Crippen LogP contribution in [0, 0.1) is 0 Å². The number of benzene rings is 11. The average molecular weight is 851 g/mol. The van der Waals surface area contributed by atoms with Crippen molar-refractivity contribution in [3.8, 4) is 44.8 Å². The molecule has 2 heteroatoms. The molecule has 0 saturated heterocycles. The van der Waals surface area contributed by atoms with Crippen LogP contribution in [0.5, 0.6) is 0 Å². The molecular weight excluding hydrogens is 809 g/mol. The fourth-order valence-corrected chi connectivity index (χ4v) is 11.6. The summed E-state index contributed by atoms with van der Waals surface area (Å²) in [6.07, 6.45) is 0. The molecule has 0 radical (unpaired) electrons. The topological polar surface area (TPSA) is 9.86 Å². The van der Waals surface area contributed by atoms with Gasteiger partial charge in [-0.3, -0.25) is 0 Å². The smallest absolute Gasteiger partial charge is 0.0713 e.